The third-order valence-electron chi connectivity index (χ3n) is 2.65. The second-order valence-corrected chi connectivity index (χ2v) is 4.49. The summed E-state index contributed by atoms with van der Waals surface area (Å²) < 4.78 is 5.06. The van der Waals surface area contributed by atoms with Crippen molar-refractivity contribution in [3.63, 3.8) is 0 Å². The minimum Gasteiger partial charge on any atom is -0.461 e. The molecule has 1 aliphatic carbocycles. The summed E-state index contributed by atoms with van der Waals surface area (Å²) in [5, 5.41) is 0. The Morgan fingerprint density at radius 3 is 2.81 bits per heavy atom. The van der Waals surface area contributed by atoms with Crippen LogP contribution < -0.4 is 5.73 Å². The molecule has 0 fully saturated rings. The van der Waals surface area contributed by atoms with Gasteiger partial charge in [-0.3, -0.25) is 4.79 Å². The number of hydrogen-bond donors (Lipinski definition) is 1. The molecule has 2 atom stereocenters. The fourth-order valence-corrected chi connectivity index (χ4v) is 2.21. The van der Waals surface area contributed by atoms with Gasteiger partial charge in [0.25, 0.3) is 0 Å². The summed E-state index contributed by atoms with van der Waals surface area (Å²) in [6.07, 6.45) is 5.42. The van der Waals surface area contributed by atoms with Crippen molar-refractivity contribution in [1.29, 1.82) is 0 Å². The van der Waals surface area contributed by atoms with Crippen molar-refractivity contribution in [3.8, 4) is 0 Å². The molecular weight excluding hydrogens is 202 g/mol. The summed E-state index contributed by atoms with van der Waals surface area (Å²) in [7, 11) is 0. The average Bonchev–Trinajstić information content (AvgIpc) is 2.11. The van der Waals surface area contributed by atoms with Crippen LogP contribution in [-0.4, -0.2) is 18.1 Å². The van der Waals surface area contributed by atoms with Gasteiger partial charge in [-0.05, 0) is 20.8 Å². The predicted molar refractivity (Wildman–Crippen MR) is 64.8 cm³/mol. The molecule has 3 nitrogen and oxygen atoms in total. The maximum absolute atomic E-state index is 11.9. The van der Waals surface area contributed by atoms with E-state index < -0.39 is 11.5 Å². The molecule has 0 aromatic rings. The van der Waals surface area contributed by atoms with Gasteiger partial charge in [-0.25, -0.2) is 0 Å². The van der Waals surface area contributed by atoms with Crippen molar-refractivity contribution in [1.82, 2.24) is 0 Å². The van der Waals surface area contributed by atoms with Crippen molar-refractivity contribution >= 4 is 5.97 Å². The Morgan fingerprint density at radius 2 is 2.31 bits per heavy atom. The Hall–Kier alpha value is -1.35. The van der Waals surface area contributed by atoms with Crippen LogP contribution in [0.2, 0.25) is 0 Å². The van der Waals surface area contributed by atoms with Gasteiger partial charge in [-0.15, -0.1) is 0 Å². The first-order valence-corrected chi connectivity index (χ1v) is 5.32. The van der Waals surface area contributed by atoms with Crippen LogP contribution in [0, 0.1) is 5.92 Å². The number of nitrogens with two attached hydrogens (primary N) is 1. The standard InChI is InChI=1S/C13H19NO2/c1-5-6-16-12(15)11-10(3)7-9(2)8-13(11,4)14/h5,7-8,11H,1,6,14H2,2-4H3. The fraction of sp³-hybridized carbons (Fsp3) is 0.462. The molecule has 3 heteroatoms. The monoisotopic (exact) mass is 221 g/mol. The van der Waals surface area contributed by atoms with Crippen LogP contribution in [0.15, 0.2) is 36.0 Å². The van der Waals surface area contributed by atoms with Crippen LogP contribution in [0.3, 0.4) is 0 Å². The van der Waals surface area contributed by atoms with Gasteiger partial charge in [0.15, 0.2) is 0 Å². The highest BCUT2D eigenvalue weighted by molar-refractivity contribution is 5.79. The molecular formula is C13H19NO2. The highest BCUT2D eigenvalue weighted by atomic mass is 16.5. The predicted octanol–water partition coefficient (Wildman–Crippen LogP) is 1.96. The minimum atomic E-state index is -0.679. The Balaban J connectivity index is 2.91. The average molecular weight is 221 g/mol. The second-order valence-electron chi connectivity index (χ2n) is 4.49. The molecule has 0 radical (unpaired) electrons. The van der Waals surface area contributed by atoms with Crippen LogP contribution in [0.1, 0.15) is 20.8 Å². The molecule has 16 heavy (non-hydrogen) atoms. The molecule has 0 heterocycles. The first-order chi connectivity index (χ1) is 7.38. The second kappa shape index (κ2) is 4.66. The summed E-state index contributed by atoms with van der Waals surface area (Å²) in [6.45, 7) is 9.45. The maximum atomic E-state index is 11.9. The van der Waals surface area contributed by atoms with E-state index in [1.165, 1.54) is 0 Å². The van der Waals surface area contributed by atoms with Crippen molar-refractivity contribution in [3.05, 3.63) is 36.0 Å². The van der Waals surface area contributed by atoms with Crippen molar-refractivity contribution in [2.45, 2.75) is 26.3 Å². The molecule has 0 aromatic carbocycles. The molecule has 1 rings (SSSR count). The van der Waals surface area contributed by atoms with Crippen LogP contribution in [0.4, 0.5) is 0 Å². The van der Waals surface area contributed by atoms with Gasteiger partial charge in [-0.2, -0.15) is 0 Å². The van der Waals surface area contributed by atoms with Crippen molar-refractivity contribution in [2.75, 3.05) is 6.61 Å². The topological polar surface area (TPSA) is 52.3 Å². The quantitative estimate of drug-likeness (QED) is 0.585. The van der Waals surface area contributed by atoms with E-state index in [9.17, 15) is 4.79 Å². The van der Waals surface area contributed by atoms with E-state index in [-0.39, 0.29) is 12.6 Å². The number of rotatable bonds is 3. The largest absolute Gasteiger partial charge is 0.461 e. The molecule has 1 aliphatic rings. The van der Waals surface area contributed by atoms with Crippen LogP contribution in [-0.2, 0) is 9.53 Å². The van der Waals surface area contributed by atoms with Gasteiger partial charge in [-0.1, -0.05) is 36.0 Å². The van der Waals surface area contributed by atoms with E-state index in [1.54, 1.807) is 6.08 Å². The Kier molecular flexibility index (Phi) is 3.70. The molecule has 88 valence electrons. The van der Waals surface area contributed by atoms with E-state index in [1.807, 2.05) is 32.9 Å². The summed E-state index contributed by atoms with van der Waals surface area (Å²) >= 11 is 0. The van der Waals surface area contributed by atoms with Gasteiger partial charge in [0, 0.05) is 5.54 Å². The van der Waals surface area contributed by atoms with E-state index in [0.717, 1.165) is 11.1 Å². The zero-order chi connectivity index (χ0) is 12.3. The fourth-order valence-electron chi connectivity index (χ4n) is 2.21. The molecule has 0 saturated heterocycles. The van der Waals surface area contributed by atoms with Crippen LogP contribution in [0.25, 0.3) is 0 Å². The summed E-state index contributed by atoms with van der Waals surface area (Å²) in [5.74, 6) is -0.696. The number of ether oxygens (including phenoxy) is 1. The number of carbonyl (C=O) groups excluding carboxylic acids is 1. The van der Waals surface area contributed by atoms with Crippen molar-refractivity contribution in [2.24, 2.45) is 11.7 Å². The lowest BCUT2D eigenvalue weighted by Gasteiger charge is -2.34. The Labute approximate surface area is 96.7 Å². The lowest BCUT2D eigenvalue weighted by Crippen LogP contribution is -2.48. The number of esters is 1. The number of allylic oxidation sites excluding steroid dienone is 2. The first kappa shape index (κ1) is 12.7. The van der Waals surface area contributed by atoms with Gasteiger partial charge in [0.05, 0.1) is 5.92 Å². The van der Waals surface area contributed by atoms with E-state index in [2.05, 4.69) is 6.58 Å². The van der Waals surface area contributed by atoms with Crippen LogP contribution in [0.5, 0.6) is 0 Å². The summed E-state index contributed by atoms with van der Waals surface area (Å²) in [4.78, 5) is 11.9. The molecule has 2 N–H and O–H groups in total. The SMILES string of the molecule is C=CCOC(=O)C1C(C)=CC(C)=CC1(C)N. The zero-order valence-corrected chi connectivity index (χ0v) is 10.1. The third-order valence-corrected chi connectivity index (χ3v) is 2.65. The molecule has 0 aliphatic heterocycles. The lowest BCUT2D eigenvalue weighted by molar-refractivity contribution is -0.147. The minimum absolute atomic E-state index is 0.224. The highest BCUT2D eigenvalue weighted by Gasteiger charge is 2.38. The molecule has 0 spiro atoms. The first-order valence-electron chi connectivity index (χ1n) is 5.32. The van der Waals surface area contributed by atoms with Crippen LogP contribution >= 0.6 is 0 Å². The molecule has 0 saturated carbocycles. The highest BCUT2D eigenvalue weighted by Crippen LogP contribution is 2.31. The Bertz CT molecular complexity index is 364. The number of carbonyl (C=O) groups is 1. The Morgan fingerprint density at radius 1 is 1.69 bits per heavy atom. The third kappa shape index (κ3) is 2.61. The van der Waals surface area contributed by atoms with E-state index in [0.29, 0.717) is 0 Å². The van der Waals surface area contributed by atoms with Gasteiger partial charge in [0.2, 0.25) is 0 Å². The lowest BCUT2D eigenvalue weighted by atomic mass is 9.76. The molecule has 2 unspecified atom stereocenters. The smallest absolute Gasteiger partial charge is 0.315 e. The van der Waals surface area contributed by atoms with Gasteiger partial charge < -0.3 is 10.5 Å². The molecule has 0 bridgehead atoms. The van der Waals surface area contributed by atoms with Gasteiger partial charge >= 0.3 is 5.97 Å². The molecule has 0 aromatic heterocycles. The zero-order valence-electron chi connectivity index (χ0n) is 10.1. The summed E-state index contributed by atoms with van der Waals surface area (Å²) in [6, 6.07) is 0. The van der Waals surface area contributed by atoms with E-state index >= 15 is 0 Å². The van der Waals surface area contributed by atoms with Crippen molar-refractivity contribution < 1.29 is 9.53 Å². The number of hydrogen-bond acceptors (Lipinski definition) is 3. The van der Waals surface area contributed by atoms with E-state index in [4.69, 9.17) is 10.5 Å². The normalized spacial score (nSPS) is 29.1. The summed E-state index contributed by atoms with van der Waals surface area (Å²) in [5.41, 5.74) is 7.47. The van der Waals surface area contributed by atoms with Gasteiger partial charge in [0.1, 0.15) is 6.61 Å². The molecule has 0 amide bonds. The maximum Gasteiger partial charge on any atom is 0.315 e.